The van der Waals surface area contributed by atoms with Crippen molar-refractivity contribution in [3.63, 3.8) is 0 Å². The number of aromatic carboxylic acids is 1. The van der Waals surface area contributed by atoms with E-state index in [0.29, 0.717) is 13.0 Å². The lowest BCUT2D eigenvalue weighted by Crippen LogP contribution is -2.22. The van der Waals surface area contributed by atoms with Gasteiger partial charge in [0.2, 0.25) is 5.91 Å². The number of methoxy groups -OCH3 is 1. The van der Waals surface area contributed by atoms with E-state index in [0.717, 1.165) is 27.9 Å². The summed E-state index contributed by atoms with van der Waals surface area (Å²) in [6.07, 6.45) is 2.70. The molecule has 0 saturated carbocycles. The number of fused-ring (bicyclic) bond motifs is 1. The minimum Gasteiger partial charge on any atom is -0.497 e. The van der Waals surface area contributed by atoms with Gasteiger partial charge in [0.05, 0.1) is 18.2 Å². The molecule has 0 unspecified atom stereocenters. The zero-order valence-corrected chi connectivity index (χ0v) is 14.7. The van der Waals surface area contributed by atoms with E-state index < -0.39 is 5.97 Å². The number of amides is 1. The molecule has 3 rings (SSSR count). The fourth-order valence-electron chi connectivity index (χ4n) is 2.95. The van der Waals surface area contributed by atoms with Crippen LogP contribution in [0.4, 0.5) is 0 Å². The highest BCUT2D eigenvalue weighted by atomic mass is 16.5. The van der Waals surface area contributed by atoms with Gasteiger partial charge in [0, 0.05) is 30.7 Å². The molecule has 0 saturated heterocycles. The summed E-state index contributed by atoms with van der Waals surface area (Å²) in [5, 5.41) is 12.9. The quantitative estimate of drug-likeness (QED) is 0.715. The molecule has 0 aliphatic carbocycles. The molecular formula is C20H20N2O4. The van der Waals surface area contributed by atoms with E-state index in [1.807, 2.05) is 29.0 Å². The van der Waals surface area contributed by atoms with Crippen molar-refractivity contribution in [2.75, 3.05) is 13.7 Å². The van der Waals surface area contributed by atoms with Crippen LogP contribution in [0.5, 0.6) is 5.75 Å². The number of nitrogens with zero attached hydrogens (tertiary/aromatic N) is 1. The Balaban J connectivity index is 2.04. The van der Waals surface area contributed by atoms with Crippen LogP contribution in [0.3, 0.4) is 0 Å². The Bertz CT molecular complexity index is 958. The Morgan fingerprint density at radius 3 is 2.50 bits per heavy atom. The summed E-state index contributed by atoms with van der Waals surface area (Å²) < 4.78 is 7.35. The smallest absolute Gasteiger partial charge is 0.335 e. The molecule has 2 aromatic carbocycles. The molecule has 134 valence electrons. The van der Waals surface area contributed by atoms with Crippen molar-refractivity contribution in [2.24, 2.45) is 0 Å². The summed E-state index contributed by atoms with van der Waals surface area (Å²) in [5.41, 5.74) is 3.19. The molecular weight excluding hydrogens is 332 g/mol. The average Bonchev–Trinajstić information content (AvgIpc) is 2.99. The van der Waals surface area contributed by atoms with Crippen LogP contribution in [-0.4, -0.2) is 35.2 Å². The lowest BCUT2D eigenvalue weighted by Gasteiger charge is -2.06. The number of carboxylic acids is 1. The molecule has 0 spiro atoms. The summed E-state index contributed by atoms with van der Waals surface area (Å²) in [4.78, 5) is 22.2. The van der Waals surface area contributed by atoms with Gasteiger partial charge in [-0.05, 0) is 54.4 Å². The molecule has 1 heterocycles. The number of carboxylic acid groups (broad SMARTS) is 1. The number of aromatic nitrogens is 1. The van der Waals surface area contributed by atoms with Crippen LogP contribution in [-0.2, 0) is 11.2 Å². The Morgan fingerprint density at radius 1 is 1.15 bits per heavy atom. The van der Waals surface area contributed by atoms with E-state index in [1.165, 1.54) is 6.92 Å². The van der Waals surface area contributed by atoms with Crippen molar-refractivity contribution in [1.29, 1.82) is 0 Å². The molecule has 0 aliphatic rings. The number of hydrogen-bond acceptors (Lipinski definition) is 3. The van der Waals surface area contributed by atoms with Crippen molar-refractivity contribution >= 4 is 22.8 Å². The van der Waals surface area contributed by atoms with Crippen LogP contribution >= 0.6 is 0 Å². The summed E-state index contributed by atoms with van der Waals surface area (Å²) in [6.45, 7) is 2.04. The first-order valence-corrected chi connectivity index (χ1v) is 8.25. The van der Waals surface area contributed by atoms with Gasteiger partial charge in [0.25, 0.3) is 0 Å². The third-order valence-electron chi connectivity index (χ3n) is 4.25. The van der Waals surface area contributed by atoms with Crippen LogP contribution < -0.4 is 10.1 Å². The summed E-state index contributed by atoms with van der Waals surface area (Å²) in [6, 6.07) is 12.6. The first-order valence-electron chi connectivity index (χ1n) is 8.25. The van der Waals surface area contributed by atoms with Crippen molar-refractivity contribution in [2.45, 2.75) is 13.3 Å². The van der Waals surface area contributed by atoms with Crippen molar-refractivity contribution < 1.29 is 19.4 Å². The monoisotopic (exact) mass is 352 g/mol. The van der Waals surface area contributed by atoms with Crippen LogP contribution in [0.25, 0.3) is 16.6 Å². The van der Waals surface area contributed by atoms with Gasteiger partial charge in [0.1, 0.15) is 5.75 Å². The van der Waals surface area contributed by atoms with Gasteiger partial charge < -0.3 is 19.7 Å². The Kier molecular flexibility index (Phi) is 4.93. The number of benzene rings is 2. The second-order valence-corrected chi connectivity index (χ2v) is 5.99. The normalized spacial score (nSPS) is 10.7. The summed E-state index contributed by atoms with van der Waals surface area (Å²) >= 11 is 0. The molecule has 0 radical (unpaired) electrons. The maximum atomic E-state index is 11.1. The first kappa shape index (κ1) is 17.5. The minimum atomic E-state index is -0.949. The van der Waals surface area contributed by atoms with Gasteiger partial charge in [0.15, 0.2) is 0 Å². The van der Waals surface area contributed by atoms with E-state index in [9.17, 15) is 9.59 Å². The van der Waals surface area contributed by atoms with E-state index in [4.69, 9.17) is 9.84 Å². The van der Waals surface area contributed by atoms with E-state index >= 15 is 0 Å². The van der Waals surface area contributed by atoms with E-state index in [-0.39, 0.29) is 11.5 Å². The second-order valence-electron chi connectivity index (χ2n) is 5.99. The van der Waals surface area contributed by atoms with Crippen molar-refractivity contribution in [1.82, 2.24) is 9.88 Å². The zero-order chi connectivity index (χ0) is 18.7. The van der Waals surface area contributed by atoms with Crippen molar-refractivity contribution in [3.05, 3.63) is 59.8 Å². The van der Waals surface area contributed by atoms with Gasteiger partial charge in [-0.1, -0.05) is 0 Å². The topological polar surface area (TPSA) is 80.6 Å². The number of hydrogen-bond donors (Lipinski definition) is 2. The van der Waals surface area contributed by atoms with E-state index in [2.05, 4.69) is 5.32 Å². The Morgan fingerprint density at radius 2 is 1.88 bits per heavy atom. The molecule has 0 atom stereocenters. The predicted molar refractivity (Wildman–Crippen MR) is 99.2 cm³/mol. The summed E-state index contributed by atoms with van der Waals surface area (Å²) in [7, 11) is 1.62. The highest BCUT2D eigenvalue weighted by Gasteiger charge is 2.12. The maximum absolute atomic E-state index is 11.1. The average molecular weight is 352 g/mol. The Labute approximate surface area is 151 Å². The van der Waals surface area contributed by atoms with Crippen LogP contribution in [0.2, 0.25) is 0 Å². The standard InChI is InChI=1S/C20H20N2O4/c1-13(23)21-10-9-15-12-22(16-5-3-14(4-6-16)20(24)25)19-8-7-17(26-2)11-18(15)19/h3-8,11-12H,9-10H2,1-2H3,(H,21,23)(H,24,25). The third-order valence-corrected chi connectivity index (χ3v) is 4.25. The predicted octanol–water partition coefficient (Wildman–Crippen LogP) is 3.02. The highest BCUT2D eigenvalue weighted by molar-refractivity contribution is 5.89. The number of rotatable bonds is 6. The van der Waals surface area contributed by atoms with Gasteiger partial charge in [-0.25, -0.2) is 4.79 Å². The zero-order valence-electron chi connectivity index (χ0n) is 14.7. The number of carbonyl (C=O) groups is 2. The van der Waals surface area contributed by atoms with Gasteiger partial charge in [-0.15, -0.1) is 0 Å². The van der Waals surface area contributed by atoms with Crippen LogP contribution in [0, 0.1) is 0 Å². The molecule has 0 fully saturated rings. The maximum Gasteiger partial charge on any atom is 0.335 e. The molecule has 6 heteroatoms. The largest absolute Gasteiger partial charge is 0.497 e. The molecule has 0 bridgehead atoms. The molecule has 0 aliphatic heterocycles. The minimum absolute atomic E-state index is 0.0596. The van der Waals surface area contributed by atoms with Crippen molar-refractivity contribution in [3.8, 4) is 11.4 Å². The van der Waals surface area contributed by atoms with Crippen LogP contribution in [0.15, 0.2) is 48.7 Å². The lowest BCUT2D eigenvalue weighted by atomic mass is 10.1. The molecule has 6 nitrogen and oxygen atoms in total. The number of ether oxygens (including phenoxy) is 1. The molecule has 3 aromatic rings. The van der Waals surface area contributed by atoms with Gasteiger partial charge >= 0.3 is 5.97 Å². The van der Waals surface area contributed by atoms with E-state index in [1.54, 1.807) is 31.4 Å². The molecule has 1 aromatic heterocycles. The van der Waals surface area contributed by atoms with Gasteiger partial charge in [-0.2, -0.15) is 0 Å². The fourth-order valence-corrected chi connectivity index (χ4v) is 2.95. The SMILES string of the molecule is COc1ccc2c(c1)c(CCNC(C)=O)cn2-c1ccc(C(=O)O)cc1. The third kappa shape index (κ3) is 3.54. The fraction of sp³-hybridized carbons (Fsp3) is 0.200. The second kappa shape index (κ2) is 7.31. The molecule has 26 heavy (non-hydrogen) atoms. The molecule has 1 amide bonds. The first-order chi connectivity index (χ1) is 12.5. The molecule has 2 N–H and O–H groups in total. The Hall–Kier alpha value is -3.28. The highest BCUT2D eigenvalue weighted by Crippen LogP contribution is 2.29. The lowest BCUT2D eigenvalue weighted by molar-refractivity contribution is -0.118. The number of carbonyl (C=O) groups excluding carboxylic acids is 1. The number of nitrogens with one attached hydrogen (secondary N) is 1. The van der Waals surface area contributed by atoms with Gasteiger partial charge in [-0.3, -0.25) is 4.79 Å². The van der Waals surface area contributed by atoms with Crippen LogP contribution in [0.1, 0.15) is 22.8 Å². The summed E-state index contributed by atoms with van der Waals surface area (Å²) in [5.74, 6) is -0.248.